The van der Waals surface area contributed by atoms with E-state index in [0.717, 1.165) is 18.4 Å². The van der Waals surface area contributed by atoms with Gasteiger partial charge in [0, 0.05) is 24.3 Å². The van der Waals surface area contributed by atoms with Gasteiger partial charge in [-0.25, -0.2) is 8.42 Å². The Bertz CT molecular complexity index is 940. The molecule has 0 unspecified atom stereocenters. The molecule has 1 aliphatic rings. The fourth-order valence-electron chi connectivity index (χ4n) is 3.07. The highest BCUT2D eigenvalue weighted by molar-refractivity contribution is 7.89. The van der Waals surface area contributed by atoms with Gasteiger partial charge >= 0.3 is 0 Å². The van der Waals surface area contributed by atoms with Gasteiger partial charge in [-0.2, -0.15) is 4.31 Å². The Labute approximate surface area is 164 Å². The molecule has 1 amide bonds. The van der Waals surface area contributed by atoms with E-state index in [9.17, 15) is 13.2 Å². The summed E-state index contributed by atoms with van der Waals surface area (Å²) >= 11 is 6.13. The van der Waals surface area contributed by atoms with E-state index < -0.39 is 10.0 Å². The lowest BCUT2D eigenvalue weighted by Crippen LogP contribution is -2.28. The van der Waals surface area contributed by atoms with Crippen LogP contribution in [0.3, 0.4) is 0 Å². The molecule has 0 aliphatic carbocycles. The monoisotopic (exact) mass is 408 g/mol. The number of carbonyl (C=O) groups is 1. The van der Waals surface area contributed by atoms with E-state index in [1.807, 2.05) is 18.2 Å². The Morgan fingerprint density at radius 3 is 2.59 bits per heavy atom. The van der Waals surface area contributed by atoms with Crippen molar-refractivity contribution >= 4 is 33.2 Å². The SMILES string of the molecule is COc1ccccc1CC(=O)Nc1ccc(Cl)c(S(=O)(=O)N2CCCC2)c1. The fraction of sp³-hybridized carbons (Fsp3) is 0.316. The van der Waals surface area contributed by atoms with Crippen LogP contribution >= 0.6 is 11.6 Å². The number of anilines is 1. The Morgan fingerprint density at radius 1 is 1.19 bits per heavy atom. The lowest BCUT2D eigenvalue weighted by molar-refractivity contribution is -0.115. The number of ether oxygens (including phenoxy) is 1. The molecule has 0 atom stereocenters. The van der Waals surface area contributed by atoms with Gasteiger partial charge < -0.3 is 10.1 Å². The number of hydrogen-bond acceptors (Lipinski definition) is 4. The summed E-state index contributed by atoms with van der Waals surface area (Å²) in [7, 11) is -2.12. The van der Waals surface area contributed by atoms with Gasteiger partial charge in [0.05, 0.1) is 18.6 Å². The first-order valence-electron chi connectivity index (χ1n) is 8.63. The van der Waals surface area contributed by atoms with Crippen LogP contribution in [0.4, 0.5) is 5.69 Å². The average molecular weight is 409 g/mol. The van der Waals surface area contributed by atoms with Crippen molar-refractivity contribution in [2.45, 2.75) is 24.2 Å². The van der Waals surface area contributed by atoms with E-state index in [-0.39, 0.29) is 22.2 Å². The topological polar surface area (TPSA) is 75.7 Å². The molecule has 144 valence electrons. The number of nitrogens with one attached hydrogen (secondary N) is 1. The van der Waals surface area contributed by atoms with Crippen molar-refractivity contribution in [3.05, 3.63) is 53.1 Å². The van der Waals surface area contributed by atoms with Gasteiger partial charge in [0.1, 0.15) is 10.6 Å². The molecular formula is C19H21ClN2O4S. The van der Waals surface area contributed by atoms with Gasteiger partial charge in [0.2, 0.25) is 15.9 Å². The van der Waals surface area contributed by atoms with Crippen LogP contribution in [0.25, 0.3) is 0 Å². The number of hydrogen-bond donors (Lipinski definition) is 1. The summed E-state index contributed by atoms with van der Waals surface area (Å²) in [6, 6.07) is 11.7. The largest absolute Gasteiger partial charge is 0.496 e. The number of methoxy groups -OCH3 is 1. The van der Waals surface area contributed by atoms with E-state index in [1.165, 1.54) is 16.4 Å². The second kappa shape index (κ2) is 8.29. The summed E-state index contributed by atoms with van der Waals surface area (Å²) in [6.07, 6.45) is 1.79. The van der Waals surface area contributed by atoms with E-state index >= 15 is 0 Å². The molecule has 8 heteroatoms. The smallest absolute Gasteiger partial charge is 0.244 e. The molecular weight excluding hydrogens is 388 g/mol. The van der Waals surface area contributed by atoms with Crippen molar-refractivity contribution in [3.63, 3.8) is 0 Å². The van der Waals surface area contributed by atoms with Crippen molar-refractivity contribution in [1.29, 1.82) is 0 Å². The summed E-state index contributed by atoms with van der Waals surface area (Å²) < 4.78 is 32.2. The van der Waals surface area contributed by atoms with Crippen molar-refractivity contribution < 1.29 is 17.9 Å². The number of benzene rings is 2. The highest BCUT2D eigenvalue weighted by Crippen LogP contribution is 2.29. The van der Waals surface area contributed by atoms with E-state index in [4.69, 9.17) is 16.3 Å². The van der Waals surface area contributed by atoms with Crippen LogP contribution in [0.1, 0.15) is 18.4 Å². The Hall–Kier alpha value is -2.09. The molecule has 2 aromatic carbocycles. The minimum atomic E-state index is -3.67. The maximum atomic E-state index is 12.8. The van der Waals surface area contributed by atoms with Crippen molar-refractivity contribution in [1.82, 2.24) is 4.31 Å². The third kappa shape index (κ3) is 4.43. The minimum Gasteiger partial charge on any atom is -0.496 e. The summed E-state index contributed by atoms with van der Waals surface area (Å²) in [5.74, 6) is 0.354. The van der Waals surface area contributed by atoms with Crippen molar-refractivity contribution in [2.24, 2.45) is 0 Å². The van der Waals surface area contributed by atoms with Crippen molar-refractivity contribution in [3.8, 4) is 5.75 Å². The first-order valence-corrected chi connectivity index (χ1v) is 10.4. The van der Waals surface area contributed by atoms with Crippen LogP contribution in [0.15, 0.2) is 47.4 Å². The van der Waals surface area contributed by atoms with Crippen LogP contribution in [0, 0.1) is 0 Å². The predicted octanol–water partition coefficient (Wildman–Crippen LogP) is 3.31. The third-order valence-electron chi connectivity index (χ3n) is 4.44. The van der Waals surface area contributed by atoms with Crippen LogP contribution in [-0.2, 0) is 21.2 Å². The van der Waals surface area contributed by atoms with E-state index in [0.29, 0.717) is 24.5 Å². The summed E-state index contributed by atoms with van der Waals surface area (Å²) in [5.41, 5.74) is 1.13. The van der Waals surface area contributed by atoms with Crippen LogP contribution < -0.4 is 10.1 Å². The molecule has 1 N–H and O–H groups in total. The maximum Gasteiger partial charge on any atom is 0.244 e. The molecule has 27 heavy (non-hydrogen) atoms. The number of halogens is 1. The first-order chi connectivity index (χ1) is 12.9. The molecule has 3 rings (SSSR count). The first kappa shape index (κ1) is 19.7. The zero-order valence-electron chi connectivity index (χ0n) is 14.9. The highest BCUT2D eigenvalue weighted by Gasteiger charge is 2.29. The van der Waals surface area contributed by atoms with Crippen molar-refractivity contribution in [2.75, 3.05) is 25.5 Å². The van der Waals surface area contributed by atoms with Gasteiger partial charge in [0.15, 0.2) is 0 Å². The number of carbonyl (C=O) groups excluding carboxylic acids is 1. The second-order valence-electron chi connectivity index (χ2n) is 6.29. The molecule has 1 heterocycles. The number of nitrogens with zero attached hydrogens (tertiary/aromatic N) is 1. The minimum absolute atomic E-state index is 0.0150. The van der Waals surface area contributed by atoms with Gasteiger partial charge in [-0.15, -0.1) is 0 Å². The molecule has 1 fully saturated rings. The lowest BCUT2D eigenvalue weighted by Gasteiger charge is -2.17. The van der Waals surface area contributed by atoms with Gasteiger partial charge in [-0.05, 0) is 37.1 Å². The highest BCUT2D eigenvalue weighted by atomic mass is 35.5. The Morgan fingerprint density at radius 2 is 1.89 bits per heavy atom. The maximum absolute atomic E-state index is 12.8. The fourth-order valence-corrected chi connectivity index (χ4v) is 5.09. The number of rotatable bonds is 6. The Balaban J connectivity index is 1.79. The molecule has 0 saturated carbocycles. The van der Waals surface area contributed by atoms with E-state index in [2.05, 4.69) is 5.32 Å². The molecule has 0 spiro atoms. The van der Waals surface area contributed by atoms with Gasteiger partial charge in [-0.3, -0.25) is 4.79 Å². The van der Waals surface area contributed by atoms with Crippen LogP contribution in [0.2, 0.25) is 5.02 Å². The Kier molecular flexibility index (Phi) is 6.04. The average Bonchev–Trinajstić information content (AvgIpc) is 3.19. The molecule has 0 aromatic heterocycles. The standard InChI is InChI=1S/C19H21ClN2O4S/c1-26-17-7-3-2-6-14(17)12-19(23)21-15-8-9-16(20)18(13-15)27(24,25)22-10-4-5-11-22/h2-3,6-9,13H,4-5,10-12H2,1H3,(H,21,23). The zero-order valence-corrected chi connectivity index (χ0v) is 16.5. The number of sulfonamides is 1. The number of amides is 1. The predicted molar refractivity (Wildman–Crippen MR) is 105 cm³/mol. The summed E-state index contributed by atoms with van der Waals surface area (Å²) in [6.45, 7) is 0.978. The normalized spacial score (nSPS) is 14.9. The molecule has 1 saturated heterocycles. The lowest BCUT2D eigenvalue weighted by atomic mass is 10.1. The third-order valence-corrected chi connectivity index (χ3v) is 6.82. The number of para-hydroxylation sites is 1. The quantitative estimate of drug-likeness (QED) is 0.795. The van der Waals surface area contributed by atoms with Crippen LogP contribution in [-0.4, -0.2) is 38.8 Å². The van der Waals surface area contributed by atoms with Gasteiger partial charge in [-0.1, -0.05) is 29.8 Å². The zero-order chi connectivity index (χ0) is 19.4. The molecule has 0 radical (unpaired) electrons. The van der Waals surface area contributed by atoms with Crippen LogP contribution in [0.5, 0.6) is 5.75 Å². The summed E-state index contributed by atoms with van der Waals surface area (Å²) in [5, 5.41) is 2.88. The second-order valence-corrected chi connectivity index (χ2v) is 8.61. The molecule has 2 aromatic rings. The molecule has 6 nitrogen and oxygen atoms in total. The molecule has 0 bridgehead atoms. The molecule has 1 aliphatic heterocycles. The van der Waals surface area contributed by atoms with E-state index in [1.54, 1.807) is 19.2 Å². The van der Waals surface area contributed by atoms with Gasteiger partial charge in [0.25, 0.3) is 0 Å². The summed E-state index contributed by atoms with van der Waals surface area (Å²) in [4.78, 5) is 12.4.